The molecule has 3 N–H and O–H groups in total. The van der Waals surface area contributed by atoms with E-state index in [-0.39, 0.29) is 0 Å². The van der Waals surface area contributed by atoms with Crippen molar-refractivity contribution in [2.75, 3.05) is 5.73 Å². The molecule has 1 aliphatic rings. The van der Waals surface area contributed by atoms with Gasteiger partial charge in [-0.25, -0.2) is 0 Å². The largest absolute Gasteiger partial charge is 0.385 e. The molecule has 1 saturated carbocycles. The molecule has 0 radical (unpaired) electrons. The van der Waals surface area contributed by atoms with Crippen LogP contribution in [0, 0.1) is 0 Å². The predicted octanol–water partition coefficient (Wildman–Crippen LogP) is 0.563. The third-order valence-electron chi connectivity index (χ3n) is 2.65. The number of nitrogens with one attached hydrogen (secondary N) is 1. The molecular weight excluding hydrogens is 190 g/mol. The summed E-state index contributed by atoms with van der Waals surface area (Å²) in [7, 11) is 0. The topological polar surface area (TPSA) is 68.2 Å². The summed E-state index contributed by atoms with van der Waals surface area (Å²) in [4.78, 5) is 0. The standard InChI is InChI=1S/C10H13N5/c11-8-2-1-3-9-13-14-10(15(8)9)6-12-7-4-5-7/h1-3,7,12H,4-6,11H2. The lowest BCUT2D eigenvalue weighted by Gasteiger charge is -2.03. The van der Waals surface area contributed by atoms with Gasteiger partial charge in [0.05, 0.1) is 6.54 Å². The molecule has 0 bridgehead atoms. The Labute approximate surface area is 87.3 Å². The summed E-state index contributed by atoms with van der Waals surface area (Å²) in [5.74, 6) is 1.57. The van der Waals surface area contributed by atoms with Crippen LogP contribution in [0.1, 0.15) is 18.7 Å². The number of nitrogens with zero attached hydrogens (tertiary/aromatic N) is 3. The summed E-state index contributed by atoms with van der Waals surface area (Å²) >= 11 is 0. The Morgan fingerprint density at radius 2 is 2.27 bits per heavy atom. The molecule has 0 aliphatic heterocycles. The monoisotopic (exact) mass is 203 g/mol. The highest BCUT2D eigenvalue weighted by Gasteiger charge is 2.21. The van der Waals surface area contributed by atoms with Gasteiger partial charge in [0.15, 0.2) is 11.5 Å². The van der Waals surface area contributed by atoms with Gasteiger partial charge < -0.3 is 11.1 Å². The number of aromatic nitrogens is 3. The zero-order valence-electron chi connectivity index (χ0n) is 8.35. The quantitative estimate of drug-likeness (QED) is 0.765. The Hall–Kier alpha value is -1.62. The molecule has 5 heteroatoms. The van der Waals surface area contributed by atoms with E-state index in [1.807, 2.05) is 22.6 Å². The lowest BCUT2D eigenvalue weighted by atomic mass is 10.4. The lowest BCUT2D eigenvalue weighted by molar-refractivity contribution is 0.653. The first-order valence-corrected chi connectivity index (χ1v) is 5.16. The van der Waals surface area contributed by atoms with Crippen molar-refractivity contribution in [3.05, 3.63) is 24.0 Å². The van der Waals surface area contributed by atoms with E-state index < -0.39 is 0 Å². The predicted molar refractivity (Wildman–Crippen MR) is 57.3 cm³/mol. The first kappa shape index (κ1) is 8.67. The van der Waals surface area contributed by atoms with Crippen molar-refractivity contribution in [3.8, 4) is 0 Å². The van der Waals surface area contributed by atoms with Crippen molar-refractivity contribution >= 4 is 11.5 Å². The molecular formula is C10H13N5. The van der Waals surface area contributed by atoms with Crippen LogP contribution in [0.25, 0.3) is 5.65 Å². The number of nitrogens with two attached hydrogens (primary N) is 1. The molecule has 2 aromatic rings. The Bertz CT molecular complexity index is 486. The smallest absolute Gasteiger partial charge is 0.162 e. The molecule has 2 aromatic heterocycles. The van der Waals surface area contributed by atoms with E-state index in [1.165, 1.54) is 12.8 Å². The summed E-state index contributed by atoms with van der Waals surface area (Å²) in [6.45, 7) is 0.736. The highest BCUT2D eigenvalue weighted by Crippen LogP contribution is 2.19. The van der Waals surface area contributed by atoms with Gasteiger partial charge >= 0.3 is 0 Å². The minimum atomic E-state index is 0.669. The second-order valence-electron chi connectivity index (χ2n) is 3.92. The van der Waals surface area contributed by atoms with E-state index in [4.69, 9.17) is 5.73 Å². The average Bonchev–Trinajstić information content (AvgIpc) is 2.96. The van der Waals surface area contributed by atoms with Crippen molar-refractivity contribution in [2.45, 2.75) is 25.4 Å². The number of anilines is 1. The molecule has 0 saturated heterocycles. The fourth-order valence-corrected chi connectivity index (χ4v) is 1.66. The number of hydrogen-bond donors (Lipinski definition) is 2. The van der Waals surface area contributed by atoms with E-state index >= 15 is 0 Å². The summed E-state index contributed by atoms with van der Waals surface area (Å²) in [6, 6.07) is 6.32. The van der Waals surface area contributed by atoms with E-state index in [2.05, 4.69) is 15.5 Å². The second kappa shape index (κ2) is 3.20. The van der Waals surface area contributed by atoms with Crippen LogP contribution in [0.3, 0.4) is 0 Å². The SMILES string of the molecule is Nc1cccc2nnc(CNC3CC3)n12. The van der Waals surface area contributed by atoms with E-state index in [0.29, 0.717) is 11.9 Å². The third-order valence-corrected chi connectivity index (χ3v) is 2.65. The molecule has 78 valence electrons. The molecule has 0 spiro atoms. The van der Waals surface area contributed by atoms with Gasteiger partial charge in [-0.15, -0.1) is 10.2 Å². The van der Waals surface area contributed by atoms with Crippen molar-refractivity contribution in [1.29, 1.82) is 0 Å². The van der Waals surface area contributed by atoms with Crippen LogP contribution >= 0.6 is 0 Å². The normalized spacial score (nSPS) is 16.0. The molecule has 15 heavy (non-hydrogen) atoms. The number of pyridine rings is 1. The molecule has 1 aliphatic carbocycles. The molecule has 5 nitrogen and oxygen atoms in total. The fraction of sp³-hybridized carbons (Fsp3) is 0.400. The van der Waals surface area contributed by atoms with Gasteiger partial charge in [-0.2, -0.15) is 0 Å². The molecule has 2 heterocycles. The number of rotatable bonds is 3. The maximum absolute atomic E-state index is 5.88. The Morgan fingerprint density at radius 1 is 1.40 bits per heavy atom. The van der Waals surface area contributed by atoms with Gasteiger partial charge in [0.25, 0.3) is 0 Å². The summed E-state index contributed by atoms with van der Waals surface area (Å²) in [5.41, 5.74) is 6.69. The molecule has 3 rings (SSSR count). The first-order chi connectivity index (χ1) is 7.34. The van der Waals surface area contributed by atoms with Crippen LogP contribution in [0.4, 0.5) is 5.82 Å². The van der Waals surface area contributed by atoms with Gasteiger partial charge in [-0.1, -0.05) is 6.07 Å². The van der Waals surface area contributed by atoms with Crippen LogP contribution in [0.5, 0.6) is 0 Å². The second-order valence-corrected chi connectivity index (χ2v) is 3.92. The summed E-state index contributed by atoms with van der Waals surface area (Å²) in [6.07, 6.45) is 2.54. The highest BCUT2D eigenvalue weighted by molar-refractivity contribution is 5.47. The van der Waals surface area contributed by atoms with Gasteiger partial charge in [0.1, 0.15) is 5.82 Å². The van der Waals surface area contributed by atoms with Gasteiger partial charge in [0.2, 0.25) is 0 Å². The minimum absolute atomic E-state index is 0.669. The number of nitrogen functional groups attached to an aromatic ring is 1. The maximum atomic E-state index is 5.88. The van der Waals surface area contributed by atoms with E-state index in [1.54, 1.807) is 0 Å². The van der Waals surface area contributed by atoms with Crippen molar-refractivity contribution in [1.82, 2.24) is 19.9 Å². The highest BCUT2D eigenvalue weighted by atomic mass is 15.3. The molecule has 0 amide bonds. The number of hydrogen-bond acceptors (Lipinski definition) is 4. The van der Waals surface area contributed by atoms with Crippen LogP contribution in [0.2, 0.25) is 0 Å². The van der Waals surface area contributed by atoms with Crippen LogP contribution < -0.4 is 11.1 Å². The lowest BCUT2D eigenvalue weighted by Crippen LogP contribution is -2.17. The summed E-state index contributed by atoms with van der Waals surface area (Å²) in [5, 5.41) is 11.6. The molecule has 0 aromatic carbocycles. The van der Waals surface area contributed by atoms with Crippen LogP contribution in [0.15, 0.2) is 18.2 Å². The third kappa shape index (κ3) is 1.55. The zero-order chi connectivity index (χ0) is 10.3. The Balaban J connectivity index is 1.94. The van der Waals surface area contributed by atoms with Gasteiger partial charge in [0, 0.05) is 6.04 Å². The molecule has 0 unspecified atom stereocenters. The van der Waals surface area contributed by atoms with Crippen LogP contribution in [-0.2, 0) is 6.54 Å². The Kier molecular flexibility index (Phi) is 1.85. The first-order valence-electron chi connectivity index (χ1n) is 5.16. The summed E-state index contributed by atoms with van der Waals surface area (Å²) < 4.78 is 1.88. The fourth-order valence-electron chi connectivity index (χ4n) is 1.66. The molecule has 0 atom stereocenters. The average molecular weight is 203 g/mol. The van der Waals surface area contributed by atoms with E-state index in [0.717, 1.165) is 18.0 Å². The van der Waals surface area contributed by atoms with Gasteiger partial charge in [-0.05, 0) is 25.0 Å². The zero-order valence-corrected chi connectivity index (χ0v) is 8.35. The van der Waals surface area contributed by atoms with Crippen molar-refractivity contribution in [3.63, 3.8) is 0 Å². The molecule has 1 fully saturated rings. The van der Waals surface area contributed by atoms with E-state index in [9.17, 15) is 0 Å². The Morgan fingerprint density at radius 3 is 3.07 bits per heavy atom. The van der Waals surface area contributed by atoms with Crippen LogP contribution in [-0.4, -0.2) is 20.6 Å². The van der Waals surface area contributed by atoms with Gasteiger partial charge in [-0.3, -0.25) is 4.40 Å². The minimum Gasteiger partial charge on any atom is -0.385 e. The maximum Gasteiger partial charge on any atom is 0.162 e. The van der Waals surface area contributed by atoms with Crippen molar-refractivity contribution < 1.29 is 0 Å². The number of fused-ring (bicyclic) bond motifs is 1. The van der Waals surface area contributed by atoms with Crippen molar-refractivity contribution in [2.24, 2.45) is 0 Å².